The second kappa shape index (κ2) is 3.90. The van der Waals surface area contributed by atoms with Crippen LogP contribution in [0.3, 0.4) is 0 Å². The lowest BCUT2D eigenvalue weighted by molar-refractivity contribution is -0.132. The Hall–Kier alpha value is -1.57. The van der Waals surface area contributed by atoms with Crippen molar-refractivity contribution in [3.8, 4) is 0 Å². The van der Waals surface area contributed by atoms with Crippen molar-refractivity contribution < 1.29 is 9.90 Å². The Morgan fingerprint density at radius 1 is 1.46 bits per heavy atom. The topological polar surface area (TPSA) is 37.3 Å². The molecule has 0 bridgehead atoms. The second-order valence-electron chi connectivity index (χ2n) is 3.05. The first-order chi connectivity index (χ1) is 6.09. The van der Waals surface area contributed by atoms with Gasteiger partial charge in [0.15, 0.2) is 0 Å². The van der Waals surface area contributed by atoms with Crippen LogP contribution in [0, 0.1) is 6.92 Å². The van der Waals surface area contributed by atoms with Gasteiger partial charge in [0, 0.05) is 5.57 Å². The van der Waals surface area contributed by atoms with Crippen molar-refractivity contribution in [2.75, 3.05) is 0 Å². The van der Waals surface area contributed by atoms with E-state index in [2.05, 4.69) is 0 Å². The highest BCUT2D eigenvalue weighted by Gasteiger charge is 1.98. The van der Waals surface area contributed by atoms with Crippen molar-refractivity contribution in [2.45, 2.75) is 13.8 Å². The summed E-state index contributed by atoms with van der Waals surface area (Å²) in [5, 5.41) is 8.64. The third-order valence-corrected chi connectivity index (χ3v) is 1.76. The van der Waals surface area contributed by atoms with Crippen molar-refractivity contribution >= 4 is 12.0 Å². The average Bonchev–Trinajstić information content (AvgIpc) is 2.04. The van der Waals surface area contributed by atoms with E-state index in [0.29, 0.717) is 5.57 Å². The molecule has 0 saturated heterocycles. The predicted octanol–water partition coefficient (Wildman–Crippen LogP) is 2.48. The van der Waals surface area contributed by atoms with Crippen molar-refractivity contribution in [3.63, 3.8) is 0 Å². The fraction of sp³-hybridized carbons (Fsp3) is 0.182. The van der Waals surface area contributed by atoms with Crippen LogP contribution < -0.4 is 0 Å². The lowest BCUT2D eigenvalue weighted by atomic mass is 10.1. The van der Waals surface area contributed by atoms with Gasteiger partial charge in [-0.1, -0.05) is 29.8 Å². The minimum Gasteiger partial charge on any atom is -0.478 e. The van der Waals surface area contributed by atoms with Crippen LogP contribution in [-0.2, 0) is 4.79 Å². The molecule has 1 rings (SSSR count). The molecule has 0 heterocycles. The molecule has 0 aromatic heterocycles. The monoisotopic (exact) mass is 176 g/mol. The van der Waals surface area contributed by atoms with Crippen LogP contribution in [0.5, 0.6) is 0 Å². The summed E-state index contributed by atoms with van der Waals surface area (Å²) in [4.78, 5) is 10.5. The zero-order chi connectivity index (χ0) is 9.84. The normalized spacial score (nSPS) is 11.4. The molecule has 68 valence electrons. The molecule has 0 unspecified atom stereocenters. The summed E-state index contributed by atoms with van der Waals surface area (Å²) < 4.78 is 0. The number of hydrogen-bond donors (Lipinski definition) is 1. The van der Waals surface area contributed by atoms with Crippen LogP contribution in [0.1, 0.15) is 18.1 Å². The third kappa shape index (κ3) is 2.75. The molecule has 1 N–H and O–H groups in total. The van der Waals surface area contributed by atoms with Crippen LogP contribution in [0.15, 0.2) is 29.8 Å². The van der Waals surface area contributed by atoms with E-state index in [1.54, 1.807) is 13.0 Å². The van der Waals surface area contributed by atoms with E-state index in [1.807, 2.05) is 31.2 Å². The first-order valence-electron chi connectivity index (χ1n) is 4.08. The molecule has 0 fully saturated rings. The van der Waals surface area contributed by atoms with Gasteiger partial charge in [-0.05, 0) is 25.5 Å². The number of carboxylic acids is 1. The molecule has 1 aromatic carbocycles. The first-order valence-corrected chi connectivity index (χ1v) is 4.08. The van der Waals surface area contributed by atoms with Gasteiger partial charge >= 0.3 is 5.97 Å². The third-order valence-electron chi connectivity index (χ3n) is 1.76. The molecule has 0 spiro atoms. The molecule has 0 saturated carbocycles. The van der Waals surface area contributed by atoms with Crippen molar-refractivity contribution in [3.05, 3.63) is 41.0 Å². The molecule has 0 aliphatic rings. The van der Waals surface area contributed by atoms with E-state index < -0.39 is 5.97 Å². The Labute approximate surface area is 77.5 Å². The summed E-state index contributed by atoms with van der Waals surface area (Å²) in [7, 11) is 0. The first kappa shape index (κ1) is 9.52. The average molecular weight is 176 g/mol. The number of carboxylic acid groups (broad SMARTS) is 1. The maximum Gasteiger partial charge on any atom is 0.331 e. The van der Waals surface area contributed by atoms with Crippen molar-refractivity contribution in [1.82, 2.24) is 0 Å². The number of aliphatic carboxylic acids is 1. The number of aryl methyl sites for hydroxylation is 1. The lowest BCUT2D eigenvalue weighted by Gasteiger charge is -1.97. The molecule has 13 heavy (non-hydrogen) atoms. The standard InChI is InChI=1S/C11H12O2/c1-8-4-3-5-10(6-8)7-9(2)11(12)13/h3-7H,1-2H3,(H,12,13). The number of hydrogen-bond acceptors (Lipinski definition) is 1. The minimum atomic E-state index is -0.874. The van der Waals surface area contributed by atoms with Crippen LogP contribution >= 0.6 is 0 Å². The number of benzene rings is 1. The summed E-state index contributed by atoms with van der Waals surface area (Å²) in [6, 6.07) is 7.73. The quantitative estimate of drug-likeness (QED) is 0.703. The molecule has 2 heteroatoms. The second-order valence-corrected chi connectivity index (χ2v) is 3.05. The Morgan fingerprint density at radius 2 is 2.15 bits per heavy atom. The van der Waals surface area contributed by atoms with Gasteiger partial charge in [0.1, 0.15) is 0 Å². The summed E-state index contributed by atoms with van der Waals surface area (Å²) >= 11 is 0. The molecule has 0 atom stereocenters. The number of rotatable bonds is 2. The molecular formula is C11H12O2. The highest BCUT2D eigenvalue weighted by molar-refractivity contribution is 5.91. The predicted molar refractivity (Wildman–Crippen MR) is 52.5 cm³/mol. The Balaban J connectivity index is 2.97. The van der Waals surface area contributed by atoms with Gasteiger partial charge in [-0.25, -0.2) is 4.79 Å². The van der Waals surface area contributed by atoms with E-state index in [4.69, 9.17) is 5.11 Å². The number of carbonyl (C=O) groups is 1. The molecule has 0 aliphatic carbocycles. The van der Waals surface area contributed by atoms with Gasteiger partial charge in [0.2, 0.25) is 0 Å². The molecule has 0 amide bonds. The van der Waals surface area contributed by atoms with Crippen LogP contribution in [0.4, 0.5) is 0 Å². The van der Waals surface area contributed by atoms with Gasteiger partial charge < -0.3 is 5.11 Å². The SMILES string of the molecule is CC(=Cc1cccc(C)c1)C(=O)O. The van der Waals surface area contributed by atoms with Crippen LogP contribution in [-0.4, -0.2) is 11.1 Å². The maximum absolute atomic E-state index is 10.5. The van der Waals surface area contributed by atoms with Crippen molar-refractivity contribution in [1.29, 1.82) is 0 Å². The summed E-state index contributed by atoms with van der Waals surface area (Å²) in [6.45, 7) is 3.57. The van der Waals surface area contributed by atoms with Crippen molar-refractivity contribution in [2.24, 2.45) is 0 Å². The molecule has 2 nitrogen and oxygen atoms in total. The highest BCUT2D eigenvalue weighted by Crippen LogP contribution is 2.08. The van der Waals surface area contributed by atoms with Gasteiger partial charge in [0.25, 0.3) is 0 Å². The Morgan fingerprint density at radius 3 is 2.69 bits per heavy atom. The van der Waals surface area contributed by atoms with Gasteiger partial charge in [-0.3, -0.25) is 0 Å². The largest absolute Gasteiger partial charge is 0.478 e. The van der Waals surface area contributed by atoms with E-state index in [9.17, 15) is 4.79 Å². The summed E-state index contributed by atoms with van der Waals surface area (Å²) in [5.74, 6) is -0.874. The fourth-order valence-electron chi connectivity index (χ4n) is 1.07. The molecule has 0 aliphatic heterocycles. The maximum atomic E-state index is 10.5. The Kier molecular flexibility index (Phi) is 2.85. The van der Waals surface area contributed by atoms with E-state index in [-0.39, 0.29) is 0 Å². The Bertz CT molecular complexity index is 351. The van der Waals surface area contributed by atoms with E-state index >= 15 is 0 Å². The van der Waals surface area contributed by atoms with E-state index in [1.165, 1.54) is 0 Å². The van der Waals surface area contributed by atoms with Gasteiger partial charge in [0.05, 0.1) is 0 Å². The van der Waals surface area contributed by atoms with Crippen LogP contribution in [0.2, 0.25) is 0 Å². The zero-order valence-electron chi connectivity index (χ0n) is 7.74. The molecule has 1 aromatic rings. The van der Waals surface area contributed by atoms with E-state index in [0.717, 1.165) is 11.1 Å². The highest BCUT2D eigenvalue weighted by atomic mass is 16.4. The zero-order valence-corrected chi connectivity index (χ0v) is 7.74. The van der Waals surface area contributed by atoms with Gasteiger partial charge in [-0.15, -0.1) is 0 Å². The smallest absolute Gasteiger partial charge is 0.331 e. The summed E-state index contributed by atoms with van der Waals surface area (Å²) in [6.07, 6.45) is 1.66. The van der Waals surface area contributed by atoms with Gasteiger partial charge in [-0.2, -0.15) is 0 Å². The fourth-order valence-corrected chi connectivity index (χ4v) is 1.07. The summed E-state index contributed by atoms with van der Waals surface area (Å²) in [5.41, 5.74) is 2.41. The minimum absolute atomic E-state index is 0.352. The molecule has 0 radical (unpaired) electrons. The molecular weight excluding hydrogens is 164 g/mol. The lowest BCUT2D eigenvalue weighted by Crippen LogP contribution is -1.95. The van der Waals surface area contributed by atoms with Crippen LogP contribution in [0.25, 0.3) is 6.08 Å².